The number of carbonyl (C=O) groups excluding carboxylic acids is 2. The SMILES string of the molecule is Cc1ccc(Cl)cc1N1CCN(C(=O)[C@@H]2C[C@@H]3CCCN3[C@@]23C(=O)Nc2ccccc23)CC1. The van der Waals surface area contributed by atoms with Gasteiger partial charge in [-0.2, -0.15) is 0 Å². The Hall–Kier alpha value is -2.57. The van der Waals surface area contributed by atoms with Crippen molar-refractivity contribution in [3.8, 4) is 0 Å². The van der Waals surface area contributed by atoms with Gasteiger partial charge in [0.15, 0.2) is 0 Å². The van der Waals surface area contributed by atoms with Gasteiger partial charge in [0.25, 0.3) is 0 Å². The lowest BCUT2D eigenvalue weighted by Gasteiger charge is -2.41. The molecule has 2 aromatic carbocycles. The summed E-state index contributed by atoms with van der Waals surface area (Å²) in [6.45, 7) is 5.81. The van der Waals surface area contributed by atoms with Crippen molar-refractivity contribution in [2.75, 3.05) is 42.9 Å². The van der Waals surface area contributed by atoms with Crippen molar-refractivity contribution in [1.82, 2.24) is 9.80 Å². The largest absolute Gasteiger partial charge is 0.368 e. The molecule has 6 rings (SSSR count). The molecule has 4 aliphatic rings. The maximum atomic E-state index is 14.0. The van der Waals surface area contributed by atoms with Gasteiger partial charge in [-0.15, -0.1) is 0 Å². The Balaban J connectivity index is 1.28. The third kappa shape index (κ3) is 3.03. The predicted molar refractivity (Wildman–Crippen MR) is 130 cm³/mol. The van der Waals surface area contributed by atoms with Gasteiger partial charge in [-0.3, -0.25) is 14.5 Å². The van der Waals surface area contributed by atoms with Crippen LogP contribution in [-0.2, 0) is 15.1 Å². The zero-order chi connectivity index (χ0) is 22.7. The fourth-order valence-electron chi connectivity index (χ4n) is 6.67. The molecule has 0 saturated carbocycles. The lowest BCUT2D eigenvalue weighted by Crippen LogP contribution is -2.57. The number of nitrogens with one attached hydrogen (secondary N) is 1. The normalized spacial score (nSPS) is 28.8. The van der Waals surface area contributed by atoms with E-state index in [-0.39, 0.29) is 17.7 Å². The van der Waals surface area contributed by atoms with Crippen LogP contribution < -0.4 is 10.2 Å². The minimum Gasteiger partial charge on any atom is -0.368 e. The van der Waals surface area contributed by atoms with E-state index in [9.17, 15) is 9.59 Å². The number of benzene rings is 2. The summed E-state index contributed by atoms with van der Waals surface area (Å²) in [5, 5.41) is 3.83. The maximum Gasteiger partial charge on any atom is 0.250 e. The molecule has 3 atom stereocenters. The second kappa shape index (κ2) is 7.74. The fraction of sp³-hybridized carbons (Fsp3) is 0.462. The summed E-state index contributed by atoms with van der Waals surface area (Å²) < 4.78 is 0. The van der Waals surface area contributed by atoms with Gasteiger partial charge in [-0.05, 0) is 56.5 Å². The van der Waals surface area contributed by atoms with Crippen LogP contribution in [0.5, 0.6) is 0 Å². The molecule has 0 radical (unpaired) electrons. The van der Waals surface area contributed by atoms with Crippen LogP contribution in [0.4, 0.5) is 11.4 Å². The molecule has 1 N–H and O–H groups in total. The van der Waals surface area contributed by atoms with Crippen molar-refractivity contribution in [2.45, 2.75) is 37.8 Å². The number of anilines is 2. The smallest absolute Gasteiger partial charge is 0.250 e. The van der Waals surface area contributed by atoms with Crippen LogP contribution in [0.2, 0.25) is 5.02 Å². The third-order valence-electron chi connectivity index (χ3n) is 8.18. The zero-order valence-corrected chi connectivity index (χ0v) is 19.6. The number of aryl methyl sites for hydroxylation is 1. The van der Waals surface area contributed by atoms with Crippen LogP contribution >= 0.6 is 11.6 Å². The third-order valence-corrected chi connectivity index (χ3v) is 8.41. The minimum atomic E-state index is -0.866. The van der Waals surface area contributed by atoms with E-state index in [0.29, 0.717) is 19.1 Å². The van der Waals surface area contributed by atoms with Crippen LogP contribution in [-0.4, -0.2) is 60.4 Å². The number of hydrogen-bond donors (Lipinski definition) is 1. The van der Waals surface area contributed by atoms with Crippen molar-refractivity contribution < 1.29 is 9.59 Å². The van der Waals surface area contributed by atoms with E-state index >= 15 is 0 Å². The molecule has 1 spiro atoms. The van der Waals surface area contributed by atoms with E-state index in [0.717, 1.165) is 60.9 Å². The second-order valence-corrected chi connectivity index (χ2v) is 10.2. The Kier molecular flexibility index (Phi) is 4.93. The van der Waals surface area contributed by atoms with Crippen LogP contribution in [0.1, 0.15) is 30.4 Å². The average Bonchev–Trinajstić information content (AvgIpc) is 3.49. The van der Waals surface area contributed by atoms with Crippen LogP contribution in [0.3, 0.4) is 0 Å². The van der Waals surface area contributed by atoms with Gasteiger partial charge in [-0.25, -0.2) is 0 Å². The van der Waals surface area contributed by atoms with Gasteiger partial charge >= 0.3 is 0 Å². The Labute approximate surface area is 199 Å². The highest BCUT2D eigenvalue weighted by Gasteiger charge is 2.65. The molecule has 7 heteroatoms. The average molecular weight is 465 g/mol. The predicted octanol–water partition coefficient (Wildman–Crippen LogP) is 3.63. The standard InChI is InChI=1S/C26H29ClN4O2/c1-17-8-9-18(27)15-23(17)29-11-13-30(14-12-29)24(32)21-16-19-5-4-10-31(19)26(21)20-6-2-3-7-22(20)28-25(26)33/h2-3,6-9,15,19,21H,4-5,10-14,16H2,1H3,(H,28,33)/t19-,21-,26+/m0/s1. The molecular formula is C26H29ClN4O2. The molecule has 33 heavy (non-hydrogen) atoms. The number of fused-ring (bicyclic) bond motifs is 4. The number of rotatable bonds is 2. The zero-order valence-electron chi connectivity index (χ0n) is 18.9. The molecule has 4 aliphatic heterocycles. The van der Waals surface area contributed by atoms with E-state index in [1.165, 1.54) is 5.56 Å². The molecular weight excluding hydrogens is 436 g/mol. The first-order valence-electron chi connectivity index (χ1n) is 12.0. The first-order valence-corrected chi connectivity index (χ1v) is 12.4. The molecule has 0 unspecified atom stereocenters. The van der Waals surface area contributed by atoms with Gasteiger partial charge in [0.05, 0.1) is 5.92 Å². The summed E-state index contributed by atoms with van der Waals surface area (Å²) in [5.74, 6) is -0.246. The molecule has 2 aromatic rings. The summed E-state index contributed by atoms with van der Waals surface area (Å²) in [6, 6.07) is 14.2. The summed E-state index contributed by atoms with van der Waals surface area (Å²) >= 11 is 6.24. The van der Waals surface area contributed by atoms with Crippen molar-refractivity contribution >= 4 is 34.8 Å². The van der Waals surface area contributed by atoms with E-state index in [4.69, 9.17) is 11.6 Å². The first-order chi connectivity index (χ1) is 16.0. The van der Waals surface area contributed by atoms with Crippen LogP contribution in [0.25, 0.3) is 0 Å². The Morgan fingerprint density at radius 2 is 1.88 bits per heavy atom. The Morgan fingerprint density at radius 1 is 1.09 bits per heavy atom. The summed E-state index contributed by atoms with van der Waals surface area (Å²) in [6.07, 6.45) is 2.90. The first kappa shape index (κ1) is 21.0. The summed E-state index contributed by atoms with van der Waals surface area (Å²) in [7, 11) is 0. The second-order valence-electron chi connectivity index (χ2n) is 9.79. The Morgan fingerprint density at radius 3 is 2.70 bits per heavy atom. The van der Waals surface area contributed by atoms with Crippen LogP contribution in [0, 0.1) is 12.8 Å². The molecule has 172 valence electrons. The van der Waals surface area contributed by atoms with E-state index in [1.807, 2.05) is 47.4 Å². The topological polar surface area (TPSA) is 55.9 Å². The number of piperazine rings is 1. The lowest BCUT2D eigenvalue weighted by atomic mass is 9.78. The van der Waals surface area contributed by atoms with Crippen molar-refractivity contribution in [3.05, 3.63) is 58.6 Å². The lowest BCUT2D eigenvalue weighted by molar-refractivity contribution is -0.144. The van der Waals surface area contributed by atoms with Gasteiger partial charge < -0.3 is 15.1 Å². The fourth-order valence-corrected chi connectivity index (χ4v) is 6.84. The van der Waals surface area contributed by atoms with Gasteiger partial charge in [0.2, 0.25) is 11.8 Å². The molecule has 2 amide bonds. The molecule has 6 nitrogen and oxygen atoms in total. The number of carbonyl (C=O) groups is 2. The monoisotopic (exact) mass is 464 g/mol. The van der Waals surface area contributed by atoms with Crippen molar-refractivity contribution in [3.63, 3.8) is 0 Å². The molecule has 0 aliphatic carbocycles. The van der Waals surface area contributed by atoms with E-state index in [1.54, 1.807) is 0 Å². The highest BCUT2D eigenvalue weighted by Crippen LogP contribution is 2.55. The molecule has 3 saturated heterocycles. The molecule has 0 bridgehead atoms. The molecule has 4 heterocycles. The van der Waals surface area contributed by atoms with Gasteiger partial charge in [0.1, 0.15) is 5.54 Å². The number of para-hydroxylation sites is 1. The Bertz CT molecular complexity index is 1130. The highest BCUT2D eigenvalue weighted by atomic mass is 35.5. The summed E-state index contributed by atoms with van der Waals surface area (Å²) in [4.78, 5) is 34.2. The quantitative estimate of drug-likeness (QED) is 0.737. The van der Waals surface area contributed by atoms with Gasteiger partial charge in [0, 0.05) is 54.2 Å². The summed E-state index contributed by atoms with van der Waals surface area (Å²) in [5.41, 5.74) is 3.29. The van der Waals surface area contributed by atoms with E-state index in [2.05, 4.69) is 22.0 Å². The number of nitrogens with zero attached hydrogens (tertiary/aromatic N) is 3. The van der Waals surface area contributed by atoms with Crippen molar-refractivity contribution in [1.29, 1.82) is 0 Å². The maximum absolute atomic E-state index is 14.0. The number of halogens is 1. The molecule has 3 fully saturated rings. The number of hydrogen-bond acceptors (Lipinski definition) is 4. The van der Waals surface area contributed by atoms with Crippen LogP contribution in [0.15, 0.2) is 42.5 Å². The minimum absolute atomic E-state index is 0.0281. The van der Waals surface area contributed by atoms with E-state index < -0.39 is 5.54 Å². The molecule has 0 aromatic heterocycles. The van der Waals surface area contributed by atoms with Gasteiger partial charge in [-0.1, -0.05) is 35.9 Å². The number of amides is 2. The highest BCUT2D eigenvalue weighted by molar-refractivity contribution is 6.30. The van der Waals surface area contributed by atoms with Crippen molar-refractivity contribution in [2.24, 2.45) is 5.92 Å².